The van der Waals surface area contributed by atoms with Crippen molar-refractivity contribution in [3.8, 4) is 0 Å². The summed E-state index contributed by atoms with van der Waals surface area (Å²) in [5.74, 6) is 0.399. The van der Waals surface area contributed by atoms with Gasteiger partial charge in [0.2, 0.25) is 16.9 Å². The molecule has 1 saturated heterocycles. The highest BCUT2D eigenvalue weighted by molar-refractivity contribution is 8.14. The molecule has 0 bridgehead atoms. The average Bonchev–Trinajstić information content (AvgIpc) is 3.66. The molecule has 3 rings (SSSR count). The Kier molecular flexibility index (Phi) is 17.8. The Morgan fingerprint density at radius 2 is 1.81 bits per heavy atom. The van der Waals surface area contributed by atoms with E-state index in [1.54, 1.807) is 17.8 Å². The third kappa shape index (κ3) is 14.7. The summed E-state index contributed by atoms with van der Waals surface area (Å²) in [5.41, 5.74) is 2.02. The molecule has 2 aromatic heterocycles. The summed E-state index contributed by atoms with van der Waals surface area (Å²) in [6.45, 7) is 3.24. The van der Waals surface area contributed by atoms with Gasteiger partial charge in [0.05, 0.1) is 27.4 Å². The Morgan fingerprint density at radius 3 is 2.47 bits per heavy atom. The number of nitrogens with zero attached hydrogens (tertiary/aromatic N) is 4. The van der Waals surface area contributed by atoms with E-state index in [0.717, 1.165) is 34.7 Å². The molecule has 1 aliphatic heterocycles. The zero-order valence-corrected chi connectivity index (χ0v) is 35.1. The molecule has 7 atom stereocenters. The molecule has 24 nitrogen and oxygen atoms in total. The first-order chi connectivity index (χ1) is 26.4. The van der Waals surface area contributed by atoms with Gasteiger partial charge in [0.15, 0.2) is 17.2 Å². The minimum Gasteiger partial charge on any atom is -0.790 e. The van der Waals surface area contributed by atoms with Crippen molar-refractivity contribution in [1.29, 1.82) is 0 Å². The summed E-state index contributed by atoms with van der Waals surface area (Å²) < 4.78 is 61.1. The predicted octanol–water partition coefficient (Wildman–Crippen LogP) is -2.38. The van der Waals surface area contributed by atoms with Crippen LogP contribution in [0.3, 0.4) is 0 Å². The van der Waals surface area contributed by atoms with E-state index in [2.05, 4.69) is 43.5 Å². The van der Waals surface area contributed by atoms with Gasteiger partial charge in [0, 0.05) is 36.4 Å². The third-order valence-corrected chi connectivity index (χ3v) is 12.6. The van der Waals surface area contributed by atoms with Crippen LogP contribution >= 0.6 is 47.0 Å². The lowest BCUT2D eigenvalue weighted by Gasteiger charge is -2.36. The van der Waals surface area contributed by atoms with Crippen molar-refractivity contribution in [2.45, 2.75) is 64.3 Å². The number of nitrogens with one attached hydrogen (secondary N) is 2. The number of ether oxygens (including phenoxy) is 1. The van der Waals surface area contributed by atoms with Crippen LogP contribution in [0, 0.1) is 5.41 Å². The van der Waals surface area contributed by atoms with Crippen molar-refractivity contribution in [3.05, 3.63) is 24.8 Å². The monoisotopic (exact) mass is 905 g/mol. The number of fused-ring (bicyclic) bond motifs is 1. The van der Waals surface area contributed by atoms with Crippen LogP contribution in [0.1, 0.15) is 34.1 Å². The molecule has 3 heterocycles. The molecular formula is C28H42N7O17P3S2-4. The van der Waals surface area contributed by atoms with Crippen molar-refractivity contribution in [2.75, 3.05) is 49.3 Å². The number of phosphoric acid groups is 3. The molecule has 57 heavy (non-hydrogen) atoms. The zero-order chi connectivity index (χ0) is 42.8. The molecule has 6 N–H and O–H groups in total. The Balaban J connectivity index is 1.51. The van der Waals surface area contributed by atoms with Crippen LogP contribution < -0.4 is 35.9 Å². The fraction of sp³-hybridized carbons (Fsp3) is 0.643. The van der Waals surface area contributed by atoms with Gasteiger partial charge >= 0.3 is 0 Å². The smallest absolute Gasteiger partial charge is 0.274 e. The lowest BCUT2D eigenvalue weighted by Crippen LogP contribution is -2.46. The highest BCUT2D eigenvalue weighted by atomic mass is 32.2. The van der Waals surface area contributed by atoms with E-state index in [0.29, 0.717) is 11.5 Å². The van der Waals surface area contributed by atoms with Gasteiger partial charge in [0.25, 0.3) is 15.6 Å². The number of aliphatic hydroxyl groups excluding tert-OH is 2. The Bertz CT molecular complexity index is 1900. The molecule has 0 aromatic carbocycles. The van der Waals surface area contributed by atoms with Crippen LogP contribution in [-0.4, -0.2) is 115 Å². The third-order valence-electron chi connectivity index (χ3n) is 7.88. The first-order valence-corrected chi connectivity index (χ1v) is 23.2. The number of carbonyl (C=O) groups excluding carboxylic acids is 3. The second kappa shape index (κ2) is 20.8. The predicted molar refractivity (Wildman–Crippen MR) is 195 cm³/mol. The number of phosphoric ester groups is 3. The Morgan fingerprint density at radius 1 is 1.12 bits per heavy atom. The van der Waals surface area contributed by atoms with E-state index in [4.69, 9.17) is 10.5 Å². The molecule has 29 heteroatoms. The van der Waals surface area contributed by atoms with Gasteiger partial charge in [-0.1, -0.05) is 38.6 Å². The van der Waals surface area contributed by atoms with Crippen LogP contribution in [0.4, 0.5) is 5.82 Å². The number of aromatic nitrogens is 4. The number of aliphatic hydroxyl groups is 2. The van der Waals surface area contributed by atoms with Gasteiger partial charge in [-0.15, -0.1) is 0 Å². The average molecular weight is 906 g/mol. The summed E-state index contributed by atoms with van der Waals surface area (Å²) in [4.78, 5) is 96.2. The van der Waals surface area contributed by atoms with Gasteiger partial charge in [0.1, 0.15) is 36.3 Å². The summed E-state index contributed by atoms with van der Waals surface area (Å²) in [7, 11) is -17.7. The van der Waals surface area contributed by atoms with Gasteiger partial charge in [-0.05, 0) is 18.8 Å². The topological polar surface area (TPSA) is 375 Å². The second-order valence-electron chi connectivity index (χ2n) is 12.8. The number of hydrogen-bond donors (Lipinski definition) is 5. The quantitative estimate of drug-likeness (QED) is 0.0441. The lowest BCUT2D eigenvalue weighted by molar-refractivity contribution is -0.347. The maximum atomic E-state index is 12.6. The number of nitrogens with two attached hydrogens (primary N) is 1. The highest BCUT2D eigenvalue weighted by Gasteiger charge is 2.55. The van der Waals surface area contributed by atoms with E-state index in [9.17, 15) is 57.9 Å². The van der Waals surface area contributed by atoms with Gasteiger partial charge < -0.3 is 69.0 Å². The van der Waals surface area contributed by atoms with Crippen molar-refractivity contribution < 1.29 is 80.5 Å². The lowest BCUT2D eigenvalue weighted by atomic mass is 9.87. The molecule has 0 radical (unpaired) electrons. The van der Waals surface area contributed by atoms with Crippen molar-refractivity contribution in [3.63, 3.8) is 0 Å². The van der Waals surface area contributed by atoms with Crippen molar-refractivity contribution >= 4 is 80.9 Å². The van der Waals surface area contributed by atoms with Crippen LogP contribution in [0.5, 0.6) is 0 Å². The highest BCUT2D eigenvalue weighted by Crippen LogP contribution is 2.56. The molecule has 1 fully saturated rings. The molecule has 1 aliphatic rings. The number of imidazole rings is 1. The van der Waals surface area contributed by atoms with E-state index < -0.39 is 84.1 Å². The summed E-state index contributed by atoms with van der Waals surface area (Å²) in [6, 6.07) is 0. The SMILES string of the molecule is CCSCC=CC(=O)SCCNC(=O)CCNC(=O)C(O)C(C)(C)COP(=O)([O-])OP(=O)([O-])OCC1OC(C)(n2cnc3c(N)ncnc32)C(O)C1OP(=O)([O-])[O-]. The van der Waals surface area contributed by atoms with E-state index in [-0.39, 0.29) is 41.6 Å². The van der Waals surface area contributed by atoms with Crippen molar-refractivity contribution in [2.24, 2.45) is 5.41 Å². The largest absolute Gasteiger partial charge is 0.790 e. The number of nitrogen functional groups attached to an aromatic ring is 1. The second-order valence-corrected chi connectivity index (χ2v) is 19.3. The normalized spacial score (nSPS) is 22.9. The minimum absolute atomic E-state index is 0.0331. The standard InChI is InChI=1S/C28H46N7O17P3S2/c1-5-56-11-6-7-19(37)57-12-10-30-18(36)8-9-31-26(40)23(39)27(2,3)14-49-55(46,47)52-54(44,45)48-13-17-21(51-53(41,42)43)22(38)28(4,50-17)35-16-34-20-24(29)32-15-33-25(20)35/h6-7,15-17,21-23,38-39H,5,8-14H2,1-4H3,(H,30,36)(H,31,40)(H,44,45)(H,46,47)(H2,29,32,33)(H2,41,42,43)/p-4. The first kappa shape index (κ1) is 49.0. The number of anilines is 1. The molecule has 2 aromatic rings. The molecule has 0 saturated carbocycles. The van der Waals surface area contributed by atoms with Crippen LogP contribution in [0.25, 0.3) is 11.2 Å². The molecule has 0 spiro atoms. The molecule has 7 unspecified atom stereocenters. The Hall–Kier alpha value is -2.35. The number of carbonyl (C=O) groups is 3. The van der Waals surface area contributed by atoms with Crippen LogP contribution in [-0.2, 0) is 56.4 Å². The van der Waals surface area contributed by atoms with Gasteiger partial charge in [-0.3, -0.25) is 28.1 Å². The number of thioether (sulfide) groups is 2. The maximum Gasteiger partial charge on any atom is 0.274 e. The molecule has 2 amide bonds. The van der Waals surface area contributed by atoms with E-state index >= 15 is 0 Å². The van der Waals surface area contributed by atoms with Crippen LogP contribution in [0.2, 0.25) is 0 Å². The number of rotatable bonds is 23. The maximum absolute atomic E-state index is 12.6. The van der Waals surface area contributed by atoms with Crippen molar-refractivity contribution in [1.82, 2.24) is 30.2 Å². The fourth-order valence-electron chi connectivity index (χ4n) is 4.95. The summed E-state index contributed by atoms with van der Waals surface area (Å²) >= 11 is 2.68. The Labute approximate surface area is 334 Å². The molecular weight excluding hydrogens is 863 g/mol. The van der Waals surface area contributed by atoms with E-state index in [1.807, 2.05) is 6.92 Å². The number of amides is 2. The van der Waals surface area contributed by atoms with Crippen LogP contribution in [0.15, 0.2) is 24.8 Å². The summed E-state index contributed by atoms with van der Waals surface area (Å²) in [5, 5.41) is 26.3. The van der Waals surface area contributed by atoms with Gasteiger partial charge in [-0.25, -0.2) is 19.3 Å². The summed E-state index contributed by atoms with van der Waals surface area (Å²) in [6.07, 6.45) is -2.87. The molecule has 0 aliphatic carbocycles. The van der Waals surface area contributed by atoms with E-state index in [1.165, 1.54) is 26.8 Å². The molecule has 322 valence electrons. The zero-order valence-electron chi connectivity index (χ0n) is 30.8. The number of hydrogen-bond acceptors (Lipinski definition) is 23. The fourth-order valence-corrected chi connectivity index (χ4v) is 8.74. The first-order valence-electron chi connectivity index (χ1n) is 16.7. The van der Waals surface area contributed by atoms with Gasteiger partial charge in [-0.2, -0.15) is 11.8 Å². The minimum atomic E-state index is -5.93.